The minimum absolute atomic E-state index is 0.00559. The molecule has 0 spiro atoms. The molecule has 3 rings (SSSR count). The third-order valence-electron chi connectivity index (χ3n) is 6.13. The first kappa shape index (κ1) is 26.6. The van der Waals surface area contributed by atoms with Crippen molar-refractivity contribution < 1.29 is 26.8 Å². The third-order valence-corrected chi connectivity index (χ3v) is 7.27. The largest absolute Gasteiger partial charge is 0.352 e. The van der Waals surface area contributed by atoms with Crippen LogP contribution in [-0.4, -0.2) is 50.0 Å². The number of anilines is 1. The molecule has 2 aromatic carbocycles. The van der Waals surface area contributed by atoms with E-state index in [1.54, 1.807) is 6.92 Å². The van der Waals surface area contributed by atoms with Gasteiger partial charge in [0.2, 0.25) is 21.8 Å². The van der Waals surface area contributed by atoms with Crippen molar-refractivity contribution in [3.05, 3.63) is 65.7 Å². The molecule has 35 heavy (non-hydrogen) atoms. The van der Waals surface area contributed by atoms with Crippen molar-refractivity contribution in [2.24, 2.45) is 0 Å². The van der Waals surface area contributed by atoms with Crippen molar-refractivity contribution >= 4 is 27.5 Å². The van der Waals surface area contributed by atoms with Gasteiger partial charge in [-0.15, -0.1) is 0 Å². The predicted molar refractivity (Wildman–Crippen MR) is 130 cm³/mol. The Balaban J connectivity index is 1.91. The van der Waals surface area contributed by atoms with Gasteiger partial charge in [-0.3, -0.25) is 13.9 Å². The second kappa shape index (κ2) is 11.6. The maximum absolute atomic E-state index is 13.8. The average molecular weight is 508 g/mol. The van der Waals surface area contributed by atoms with Crippen molar-refractivity contribution in [2.45, 2.75) is 57.7 Å². The molecule has 1 saturated carbocycles. The van der Waals surface area contributed by atoms with Gasteiger partial charge in [-0.25, -0.2) is 17.2 Å². The highest BCUT2D eigenvalue weighted by Crippen LogP contribution is 2.22. The molecule has 1 atom stereocenters. The van der Waals surface area contributed by atoms with Crippen LogP contribution in [0.15, 0.2) is 48.5 Å². The molecule has 0 aliphatic heterocycles. The Morgan fingerprint density at radius 2 is 1.71 bits per heavy atom. The minimum atomic E-state index is -3.94. The standard InChI is InChI=1S/C25H31F2N3O4S/c1-3-23(25(32)28-21-8-4-5-9-21)29(16-18-11-13-19(26)14-12-18)24(31)17-30(35(2,33)34)22-10-6-7-20(27)15-22/h6-7,10-15,21,23H,3-5,8-9,16-17H2,1-2H3,(H,28,32)/t23-/m1/s1. The van der Waals surface area contributed by atoms with E-state index < -0.39 is 40.2 Å². The summed E-state index contributed by atoms with van der Waals surface area (Å²) in [5, 5.41) is 3.01. The first-order valence-corrected chi connectivity index (χ1v) is 13.5. The molecule has 10 heteroatoms. The lowest BCUT2D eigenvalue weighted by Gasteiger charge is -2.33. The van der Waals surface area contributed by atoms with E-state index in [9.17, 15) is 26.8 Å². The summed E-state index contributed by atoms with van der Waals surface area (Å²) in [5.74, 6) is -2.02. The van der Waals surface area contributed by atoms with Gasteiger partial charge in [0.05, 0.1) is 11.9 Å². The van der Waals surface area contributed by atoms with Crippen LogP contribution in [0.1, 0.15) is 44.6 Å². The van der Waals surface area contributed by atoms with Crippen molar-refractivity contribution in [3.8, 4) is 0 Å². The van der Waals surface area contributed by atoms with Gasteiger partial charge >= 0.3 is 0 Å². The zero-order valence-electron chi connectivity index (χ0n) is 19.9. The molecule has 7 nitrogen and oxygen atoms in total. The number of amides is 2. The van der Waals surface area contributed by atoms with E-state index in [0.717, 1.165) is 42.3 Å². The Labute approximate surface area is 205 Å². The number of hydrogen-bond donors (Lipinski definition) is 1. The highest BCUT2D eigenvalue weighted by atomic mass is 32.2. The van der Waals surface area contributed by atoms with E-state index in [1.165, 1.54) is 47.4 Å². The summed E-state index contributed by atoms with van der Waals surface area (Å²) in [7, 11) is -3.94. The van der Waals surface area contributed by atoms with E-state index in [-0.39, 0.29) is 24.2 Å². The lowest BCUT2D eigenvalue weighted by atomic mass is 10.1. The van der Waals surface area contributed by atoms with Gasteiger partial charge in [0, 0.05) is 12.6 Å². The molecule has 2 aromatic rings. The molecular formula is C25H31F2N3O4S. The van der Waals surface area contributed by atoms with Gasteiger partial charge in [0.1, 0.15) is 24.2 Å². The summed E-state index contributed by atoms with van der Waals surface area (Å²) in [6.07, 6.45) is 5.02. The molecule has 0 saturated heterocycles. The summed E-state index contributed by atoms with van der Waals surface area (Å²) in [6.45, 7) is 1.14. The van der Waals surface area contributed by atoms with E-state index in [1.807, 2.05) is 0 Å². The quantitative estimate of drug-likeness (QED) is 0.533. The van der Waals surface area contributed by atoms with Gasteiger partial charge in [0.25, 0.3) is 0 Å². The minimum Gasteiger partial charge on any atom is -0.352 e. The molecule has 1 fully saturated rings. The highest BCUT2D eigenvalue weighted by Gasteiger charge is 2.33. The molecule has 0 aromatic heterocycles. The Bertz CT molecular complexity index is 1140. The fraction of sp³-hybridized carbons (Fsp3) is 0.440. The molecule has 0 bridgehead atoms. The van der Waals surface area contributed by atoms with Crippen LogP contribution in [0.5, 0.6) is 0 Å². The van der Waals surface area contributed by atoms with Crippen molar-refractivity contribution in [1.82, 2.24) is 10.2 Å². The van der Waals surface area contributed by atoms with E-state index in [4.69, 9.17) is 0 Å². The molecule has 190 valence electrons. The average Bonchev–Trinajstić information content (AvgIpc) is 3.30. The van der Waals surface area contributed by atoms with E-state index in [0.29, 0.717) is 12.0 Å². The fourth-order valence-electron chi connectivity index (χ4n) is 4.32. The predicted octanol–water partition coefficient (Wildman–Crippen LogP) is 3.60. The van der Waals surface area contributed by atoms with Crippen molar-refractivity contribution in [1.29, 1.82) is 0 Å². The van der Waals surface area contributed by atoms with Crippen LogP contribution in [0.3, 0.4) is 0 Å². The zero-order chi connectivity index (χ0) is 25.6. The lowest BCUT2D eigenvalue weighted by Crippen LogP contribution is -2.53. The number of benzene rings is 2. The topological polar surface area (TPSA) is 86.8 Å². The summed E-state index contributed by atoms with van der Waals surface area (Å²) >= 11 is 0. The van der Waals surface area contributed by atoms with E-state index >= 15 is 0 Å². The monoisotopic (exact) mass is 507 g/mol. The number of carbonyl (C=O) groups excluding carboxylic acids is 2. The van der Waals surface area contributed by atoms with Gasteiger partial charge in [-0.05, 0) is 55.2 Å². The SMILES string of the molecule is CC[C@H](C(=O)NC1CCCC1)N(Cc1ccc(F)cc1)C(=O)CN(c1cccc(F)c1)S(C)(=O)=O. The molecule has 0 unspecified atom stereocenters. The highest BCUT2D eigenvalue weighted by molar-refractivity contribution is 7.92. The van der Waals surface area contributed by atoms with Crippen LogP contribution in [0.25, 0.3) is 0 Å². The number of carbonyl (C=O) groups is 2. The zero-order valence-corrected chi connectivity index (χ0v) is 20.7. The third kappa shape index (κ3) is 7.24. The Kier molecular flexibility index (Phi) is 8.82. The number of halogens is 2. The summed E-state index contributed by atoms with van der Waals surface area (Å²) in [6, 6.07) is 9.67. The Morgan fingerprint density at radius 1 is 1.06 bits per heavy atom. The molecular weight excluding hydrogens is 476 g/mol. The van der Waals surface area contributed by atoms with Crippen LogP contribution in [0.2, 0.25) is 0 Å². The van der Waals surface area contributed by atoms with Crippen LogP contribution >= 0.6 is 0 Å². The first-order valence-electron chi connectivity index (χ1n) is 11.7. The first-order chi connectivity index (χ1) is 16.6. The fourth-order valence-corrected chi connectivity index (χ4v) is 5.16. The second-order valence-electron chi connectivity index (χ2n) is 8.81. The maximum atomic E-state index is 13.8. The molecule has 0 heterocycles. The van der Waals surface area contributed by atoms with Crippen LogP contribution in [-0.2, 0) is 26.2 Å². The Hall–Kier alpha value is -3.01. The van der Waals surface area contributed by atoms with Crippen molar-refractivity contribution in [2.75, 3.05) is 17.1 Å². The number of nitrogens with one attached hydrogen (secondary N) is 1. The van der Waals surface area contributed by atoms with Crippen LogP contribution in [0, 0.1) is 11.6 Å². The van der Waals surface area contributed by atoms with Crippen LogP contribution < -0.4 is 9.62 Å². The van der Waals surface area contributed by atoms with Gasteiger partial charge in [-0.1, -0.05) is 38.0 Å². The van der Waals surface area contributed by atoms with Crippen molar-refractivity contribution in [3.63, 3.8) is 0 Å². The second-order valence-corrected chi connectivity index (χ2v) is 10.7. The van der Waals surface area contributed by atoms with Gasteiger partial charge in [-0.2, -0.15) is 0 Å². The molecule has 1 aliphatic carbocycles. The number of sulfonamides is 1. The molecule has 1 N–H and O–H groups in total. The summed E-state index contributed by atoms with van der Waals surface area (Å²) in [4.78, 5) is 28.0. The normalized spacial score (nSPS) is 15.0. The maximum Gasteiger partial charge on any atom is 0.244 e. The summed E-state index contributed by atoms with van der Waals surface area (Å²) in [5.41, 5.74) is 0.592. The van der Waals surface area contributed by atoms with Crippen LogP contribution in [0.4, 0.5) is 14.5 Å². The molecule has 2 amide bonds. The molecule has 0 radical (unpaired) electrons. The number of hydrogen-bond acceptors (Lipinski definition) is 4. The van der Waals surface area contributed by atoms with E-state index in [2.05, 4.69) is 5.32 Å². The lowest BCUT2D eigenvalue weighted by molar-refractivity contribution is -0.140. The number of nitrogens with zero attached hydrogens (tertiary/aromatic N) is 2. The van der Waals surface area contributed by atoms with Gasteiger partial charge < -0.3 is 10.2 Å². The van der Waals surface area contributed by atoms with Gasteiger partial charge in [0.15, 0.2) is 0 Å². The Morgan fingerprint density at radius 3 is 2.29 bits per heavy atom. The number of rotatable bonds is 10. The summed E-state index contributed by atoms with van der Waals surface area (Å²) < 4.78 is 53.1. The smallest absolute Gasteiger partial charge is 0.244 e. The molecule has 1 aliphatic rings.